The summed E-state index contributed by atoms with van der Waals surface area (Å²) in [5, 5.41) is 16.8. The number of rotatable bonds is 9. The molecule has 10 nitrogen and oxygen atoms in total. The zero-order chi connectivity index (χ0) is 30.6. The van der Waals surface area contributed by atoms with E-state index in [1.165, 1.54) is 4.90 Å². The maximum atomic E-state index is 13.2. The van der Waals surface area contributed by atoms with Crippen molar-refractivity contribution in [1.82, 2.24) is 19.9 Å². The number of halogens is 3. The van der Waals surface area contributed by atoms with Gasteiger partial charge in [0, 0.05) is 55.1 Å². The van der Waals surface area contributed by atoms with E-state index in [0.717, 1.165) is 25.5 Å². The summed E-state index contributed by atoms with van der Waals surface area (Å²) >= 11 is 0. The van der Waals surface area contributed by atoms with Crippen LogP contribution in [0.1, 0.15) is 18.4 Å². The fourth-order valence-electron chi connectivity index (χ4n) is 5.06. The molecule has 1 aliphatic heterocycles. The number of anilines is 2. The van der Waals surface area contributed by atoms with E-state index in [9.17, 15) is 23.1 Å². The first-order valence-corrected chi connectivity index (χ1v) is 13.7. The zero-order valence-electron chi connectivity index (χ0n) is 23.6. The lowest BCUT2D eigenvalue weighted by molar-refractivity contribution is -0.207. The average molecular weight is 597 g/mol. The van der Waals surface area contributed by atoms with Crippen LogP contribution in [0.5, 0.6) is 11.6 Å². The molecule has 2 aromatic heterocycles. The Kier molecular flexibility index (Phi) is 8.81. The lowest BCUT2D eigenvalue weighted by Crippen LogP contribution is -2.44. The van der Waals surface area contributed by atoms with E-state index >= 15 is 0 Å². The first-order valence-electron chi connectivity index (χ1n) is 13.7. The van der Waals surface area contributed by atoms with E-state index in [0.29, 0.717) is 52.5 Å². The van der Waals surface area contributed by atoms with Gasteiger partial charge in [0.1, 0.15) is 5.75 Å². The number of carboxylic acid groups (broad SMARTS) is 1. The number of hydrogen-bond acceptors (Lipinski definition) is 8. The molecule has 3 heterocycles. The number of nitrogens with one attached hydrogen (secondary N) is 2. The van der Waals surface area contributed by atoms with Crippen molar-refractivity contribution in [3.8, 4) is 22.9 Å². The molecular formula is C30H31F3N6O4. The standard InChI is InChI=1S/C30H31F3N6O4/c1-18-10-11-20-21(7-3-9-23(20)36-16-25(42-2)30(31,32)33)26(18)43-27-22(8-4-13-34-27)24-12-14-35-28(38-24)37-19-6-5-15-39(17-19)29(40)41/h3-4,7-14,19,25,36H,5-6,15-17H2,1-2H3,(H,40,41)(H,35,37,38)/t19-,25?/m0/s1. The number of aryl methyl sites for hydroxylation is 1. The molecule has 13 heteroatoms. The average Bonchev–Trinajstić information content (AvgIpc) is 2.99. The SMILES string of the molecule is COC(CNc1cccc2c(Oc3ncccc3-c3ccnc(N[C@H]4CCCN(C(=O)O)C4)n3)c(C)ccc12)C(F)(F)F. The molecule has 4 aromatic rings. The molecule has 3 N–H and O–H groups in total. The molecule has 0 saturated carbocycles. The van der Waals surface area contributed by atoms with Crippen LogP contribution in [-0.4, -0.2) is 76.1 Å². The van der Waals surface area contributed by atoms with Crippen molar-refractivity contribution in [3.05, 3.63) is 66.5 Å². The number of alkyl halides is 3. The number of benzene rings is 2. The van der Waals surface area contributed by atoms with Gasteiger partial charge in [-0.05, 0) is 49.6 Å². The van der Waals surface area contributed by atoms with Gasteiger partial charge in [-0.1, -0.05) is 24.3 Å². The van der Waals surface area contributed by atoms with Crippen LogP contribution in [0.2, 0.25) is 0 Å². The minimum absolute atomic E-state index is 0.124. The lowest BCUT2D eigenvalue weighted by atomic mass is 10.0. The van der Waals surface area contributed by atoms with E-state index in [2.05, 4.69) is 30.3 Å². The summed E-state index contributed by atoms with van der Waals surface area (Å²) in [7, 11) is 1.03. The molecule has 0 spiro atoms. The van der Waals surface area contributed by atoms with Crippen molar-refractivity contribution >= 4 is 28.5 Å². The highest BCUT2D eigenvalue weighted by molar-refractivity contribution is 5.98. The summed E-state index contributed by atoms with van der Waals surface area (Å²) in [6, 6.07) is 14.1. The fourth-order valence-corrected chi connectivity index (χ4v) is 5.06. The molecule has 1 amide bonds. The van der Waals surface area contributed by atoms with Gasteiger partial charge in [0.25, 0.3) is 0 Å². The number of pyridine rings is 1. The number of nitrogens with zero attached hydrogens (tertiary/aromatic N) is 4. The highest BCUT2D eigenvalue weighted by Gasteiger charge is 2.39. The molecule has 0 aliphatic carbocycles. The quantitative estimate of drug-likeness (QED) is 0.203. The molecule has 226 valence electrons. The van der Waals surface area contributed by atoms with Gasteiger partial charge in [0.05, 0.1) is 17.8 Å². The summed E-state index contributed by atoms with van der Waals surface area (Å²) in [5.74, 6) is 1.14. The third-order valence-electron chi connectivity index (χ3n) is 7.26. The normalized spacial score (nSPS) is 16.1. The van der Waals surface area contributed by atoms with Crippen LogP contribution in [0.4, 0.5) is 29.6 Å². The highest BCUT2D eigenvalue weighted by atomic mass is 19.4. The van der Waals surface area contributed by atoms with Gasteiger partial charge in [-0.3, -0.25) is 0 Å². The third-order valence-corrected chi connectivity index (χ3v) is 7.26. The van der Waals surface area contributed by atoms with E-state index < -0.39 is 24.9 Å². The molecule has 1 saturated heterocycles. The van der Waals surface area contributed by atoms with Gasteiger partial charge in [0.2, 0.25) is 11.8 Å². The summed E-state index contributed by atoms with van der Waals surface area (Å²) in [5.41, 5.74) is 2.45. The Balaban J connectivity index is 1.41. The van der Waals surface area contributed by atoms with Gasteiger partial charge in [0.15, 0.2) is 6.10 Å². The molecule has 1 unspecified atom stereocenters. The van der Waals surface area contributed by atoms with Crippen LogP contribution in [0.3, 0.4) is 0 Å². The van der Waals surface area contributed by atoms with Gasteiger partial charge >= 0.3 is 12.3 Å². The predicted octanol–water partition coefficient (Wildman–Crippen LogP) is 6.34. The van der Waals surface area contributed by atoms with Gasteiger partial charge in [-0.2, -0.15) is 13.2 Å². The van der Waals surface area contributed by atoms with E-state index in [1.54, 1.807) is 36.7 Å². The Hall–Kier alpha value is -4.65. The second-order valence-electron chi connectivity index (χ2n) is 10.2. The van der Waals surface area contributed by atoms with Crippen molar-refractivity contribution < 1.29 is 32.5 Å². The fraction of sp³-hybridized carbons (Fsp3) is 0.333. The van der Waals surface area contributed by atoms with Gasteiger partial charge in [-0.15, -0.1) is 0 Å². The van der Waals surface area contributed by atoms with E-state index in [-0.39, 0.29) is 11.9 Å². The Morgan fingerprint density at radius 2 is 1.95 bits per heavy atom. The second-order valence-corrected chi connectivity index (χ2v) is 10.2. The first kappa shape index (κ1) is 29.8. The van der Waals surface area contributed by atoms with Crippen LogP contribution in [0, 0.1) is 6.92 Å². The zero-order valence-corrected chi connectivity index (χ0v) is 23.6. The number of piperidine rings is 1. The largest absolute Gasteiger partial charge is 0.465 e. The summed E-state index contributed by atoms with van der Waals surface area (Å²) in [4.78, 5) is 26.2. The molecule has 5 rings (SSSR count). The molecule has 1 aliphatic rings. The Morgan fingerprint density at radius 3 is 2.72 bits per heavy atom. The number of ether oxygens (including phenoxy) is 2. The predicted molar refractivity (Wildman–Crippen MR) is 156 cm³/mol. The number of carbonyl (C=O) groups is 1. The number of amides is 1. The maximum Gasteiger partial charge on any atom is 0.416 e. The van der Waals surface area contributed by atoms with Crippen molar-refractivity contribution in [3.63, 3.8) is 0 Å². The molecule has 2 aromatic carbocycles. The smallest absolute Gasteiger partial charge is 0.416 e. The van der Waals surface area contributed by atoms with Crippen molar-refractivity contribution in [2.75, 3.05) is 37.4 Å². The van der Waals surface area contributed by atoms with Crippen LogP contribution in [0.25, 0.3) is 22.0 Å². The van der Waals surface area contributed by atoms with Crippen LogP contribution >= 0.6 is 0 Å². The number of fused-ring (bicyclic) bond motifs is 1. The monoisotopic (exact) mass is 596 g/mol. The van der Waals surface area contributed by atoms with Crippen LogP contribution < -0.4 is 15.4 Å². The maximum absolute atomic E-state index is 13.2. The number of hydrogen-bond donors (Lipinski definition) is 3. The van der Waals surface area contributed by atoms with Crippen LogP contribution in [0.15, 0.2) is 60.9 Å². The Morgan fingerprint density at radius 1 is 1.12 bits per heavy atom. The molecule has 1 fully saturated rings. The minimum atomic E-state index is -4.50. The third kappa shape index (κ3) is 6.88. The van der Waals surface area contributed by atoms with Crippen molar-refractivity contribution in [2.45, 2.75) is 38.1 Å². The van der Waals surface area contributed by atoms with Gasteiger partial charge < -0.3 is 30.1 Å². The molecule has 0 radical (unpaired) electrons. The first-order chi connectivity index (χ1) is 20.6. The van der Waals surface area contributed by atoms with E-state index in [1.807, 2.05) is 31.2 Å². The summed E-state index contributed by atoms with van der Waals surface area (Å²) in [6.45, 7) is 2.26. The lowest BCUT2D eigenvalue weighted by Gasteiger charge is -2.31. The Labute approximate surface area is 245 Å². The van der Waals surface area contributed by atoms with Crippen molar-refractivity contribution in [2.24, 2.45) is 0 Å². The van der Waals surface area contributed by atoms with Gasteiger partial charge in [-0.25, -0.2) is 19.7 Å². The van der Waals surface area contributed by atoms with Crippen molar-refractivity contribution in [1.29, 1.82) is 0 Å². The minimum Gasteiger partial charge on any atom is -0.465 e. The molecule has 2 atom stereocenters. The number of likely N-dealkylation sites (tertiary alicyclic amines) is 1. The number of methoxy groups -OCH3 is 1. The molecule has 0 bridgehead atoms. The molecule has 43 heavy (non-hydrogen) atoms. The van der Waals surface area contributed by atoms with Crippen LogP contribution in [-0.2, 0) is 4.74 Å². The highest BCUT2D eigenvalue weighted by Crippen LogP contribution is 2.39. The second kappa shape index (κ2) is 12.7. The summed E-state index contributed by atoms with van der Waals surface area (Å²) in [6.07, 6.45) is -2.68. The Bertz CT molecular complexity index is 1600. The topological polar surface area (TPSA) is 122 Å². The van der Waals surface area contributed by atoms with E-state index in [4.69, 9.17) is 4.74 Å². The number of aromatic nitrogens is 3. The summed E-state index contributed by atoms with van der Waals surface area (Å²) < 4.78 is 50.7. The molecular weight excluding hydrogens is 565 g/mol.